The average molecular weight is 292 g/mol. The van der Waals surface area contributed by atoms with Gasteiger partial charge in [0.25, 0.3) is 0 Å². The summed E-state index contributed by atoms with van der Waals surface area (Å²) in [5.74, 6) is -0.651. The molecule has 1 aliphatic carbocycles. The largest absolute Gasteiger partial charge is 0.480 e. The molecule has 8 heteroatoms. The van der Waals surface area contributed by atoms with E-state index >= 15 is 0 Å². The maximum atomic E-state index is 11.4. The van der Waals surface area contributed by atoms with E-state index in [4.69, 9.17) is 5.11 Å². The zero-order valence-electron chi connectivity index (χ0n) is 10.9. The number of carbonyl (C=O) groups excluding carboxylic acids is 1. The van der Waals surface area contributed by atoms with Gasteiger partial charge in [-0.05, 0) is 18.8 Å². The third-order valence-electron chi connectivity index (χ3n) is 2.85. The minimum atomic E-state index is -3.03. The van der Waals surface area contributed by atoms with Crippen LogP contribution in [0.15, 0.2) is 0 Å². The fourth-order valence-electron chi connectivity index (χ4n) is 1.65. The van der Waals surface area contributed by atoms with E-state index in [0.29, 0.717) is 18.8 Å². The highest BCUT2D eigenvalue weighted by Crippen LogP contribution is 2.33. The summed E-state index contributed by atoms with van der Waals surface area (Å²) in [5, 5.41) is 13.8. The molecule has 1 aliphatic rings. The normalized spacial score (nSPS) is 16.7. The number of rotatable bonds is 8. The minimum Gasteiger partial charge on any atom is -0.480 e. The van der Waals surface area contributed by atoms with Crippen LogP contribution in [-0.2, 0) is 14.6 Å². The van der Waals surface area contributed by atoms with E-state index in [2.05, 4.69) is 10.6 Å². The van der Waals surface area contributed by atoms with E-state index in [0.717, 1.165) is 19.1 Å². The maximum absolute atomic E-state index is 11.4. The van der Waals surface area contributed by atoms with Crippen LogP contribution in [0.1, 0.15) is 25.7 Å². The number of hydrogen-bond acceptors (Lipinski definition) is 4. The summed E-state index contributed by atoms with van der Waals surface area (Å²) in [6, 6.07) is -1.44. The van der Waals surface area contributed by atoms with Crippen molar-refractivity contribution < 1.29 is 23.1 Å². The predicted octanol–water partition coefficient (Wildman–Crippen LogP) is -0.0264. The second kappa shape index (κ2) is 6.74. The molecule has 110 valence electrons. The molecule has 1 fully saturated rings. The molecular formula is C11H20N2O5S. The Hall–Kier alpha value is -1.31. The first-order valence-corrected chi connectivity index (χ1v) is 8.29. The highest BCUT2D eigenvalue weighted by Gasteiger charge is 2.30. The monoisotopic (exact) mass is 292 g/mol. The van der Waals surface area contributed by atoms with Crippen molar-refractivity contribution >= 4 is 21.8 Å². The molecule has 1 saturated carbocycles. The summed E-state index contributed by atoms with van der Waals surface area (Å²) in [7, 11) is -3.03. The molecule has 0 bridgehead atoms. The highest BCUT2D eigenvalue weighted by molar-refractivity contribution is 7.90. The number of urea groups is 1. The number of nitrogens with one attached hydrogen (secondary N) is 2. The van der Waals surface area contributed by atoms with Crippen molar-refractivity contribution in [2.45, 2.75) is 31.7 Å². The first kappa shape index (κ1) is 15.7. The van der Waals surface area contributed by atoms with Crippen LogP contribution in [0.4, 0.5) is 4.79 Å². The molecule has 0 aromatic heterocycles. The number of aliphatic carboxylic acids is 1. The van der Waals surface area contributed by atoms with Crippen LogP contribution >= 0.6 is 0 Å². The van der Waals surface area contributed by atoms with Gasteiger partial charge in [0, 0.05) is 12.8 Å². The number of carboxylic acid groups (broad SMARTS) is 1. The van der Waals surface area contributed by atoms with Crippen LogP contribution in [0.3, 0.4) is 0 Å². The Morgan fingerprint density at radius 1 is 1.37 bits per heavy atom. The lowest BCUT2D eigenvalue weighted by atomic mass is 10.1. The van der Waals surface area contributed by atoms with Gasteiger partial charge in [-0.15, -0.1) is 0 Å². The van der Waals surface area contributed by atoms with Crippen LogP contribution in [0.5, 0.6) is 0 Å². The quantitative estimate of drug-likeness (QED) is 0.544. The Bertz CT molecular complexity index is 430. The van der Waals surface area contributed by atoms with Gasteiger partial charge in [-0.1, -0.05) is 12.8 Å². The van der Waals surface area contributed by atoms with Gasteiger partial charge >= 0.3 is 12.0 Å². The maximum Gasteiger partial charge on any atom is 0.326 e. The van der Waals surface area contributed by atoms with E-state index in [1.165, 1.54) is 0 Å². The van der Waals surface area contributed by atoms with Crippen molar-refractivity contribution in [2.24, 2.45) is 5.92 Å². The summed E-state index contributed by atoms with van der Waals surface area (Å²) >= 11 is 0. The SMILES string of the molecule is CS(=O)(=O)CCCNC(=O)NC(CC1CC1)C(=O)O. The van der Waals surface area contributed by atoms with E-state index in [1.54, 1.807) is 0 Å². The molecule has 1 unspecified atom stereocenters. The Balaban J connectivity index is 2.22. The Labute approximate surface area is 112 Å². The summed E-state index contributed by atoms with van der Waals surface area (Å²) in [6.45, 7) is 0.203. The van der Waals surface area contributed by atoms with Crippen LogP contribution < -0.4 is 10.6 Å². The van der Waals surface area contributed by atoms with Crippen molar-refractivity contribution in [1.82, 2.24) is 10.6 Å². The fraction of sp³-hybridized carbons (Fsp3) is 0.818. The second-order valence-electron chi connectivity index (χ2n) is 4.95. The smallest absolute Gasteiger partial charge is 0.326 e. The Morgan fingerprint density at radius 3 is 2.47 bits per heavy atom. The number of carboxylic acids is 1. The molecule has 19 heavy (non-hydrogen) atoms. The summed E-state index contributed by atoms with van der Waals surface area (Å²) in [4.78, 5) is 22.4. The minimum absolute atomic E-state index is 0.00227. The fourth-order valence-corrected chi connectivity index (χ4v) is 2.32. The molecule has 7 nitrogen and oxygen atoms in total. The number of amides is 2. The molecule has 0 aromatic rings. The molecule has 1 rings (SSSR count). The molecule has 0 radical (unpaired) electrons. The van der Waals surface area contributed by atoms with Crippen molar-refractivity contribution in [3.63, 3.8) is 0 Å². The van der Waals surface area contributed by atoms with Gasteiger partial charge in [-0.2, -0.15) is 0 Å². The van der Waals surface area contributed by atoms with Crippen LogP contribution in [-0.4, -0.2) is 50.1 Å². The molecule has 0 heterocycles. The first-order valence-electron chi connectivity index (χ1n) is 6.23. The molecule has 3 N–H and O–H groups in total. The molecule has 0 spiro atoms. The van der Waals surface area contributed by atoms with Crippen LogP contribution in [0.25, 0.3) is 0 Å². The lowest BCUT2D eigenvalue weighted by molar-refractivity contribution is -0.139. The Morgan fingerprint density at radius 2 is 2.00 bits per heavy atom. The van der Waals surface area contributed by atoms with E-state index in [-0.39, 0.29) is 12.3 Å². The van der Waals surface area contributed by atoms with E-state index < -0.39 is 27.9 Å². The van der Waals surface area contributed by atoms with Crippen molar-refractivity contribution in [3.05, 3.63) is 0 Å². The van der Waals surface area contributed by atoms with Gasteiger partial charge in [-0.3, -0.25) is 0 Å². The molecule has 0 aliphatic heterocycles. The van der Waals surface area contributed by atoms with E-state index in [1.807, 2.05) is 0 Å². The molecular weight excluding hydrogens is 272 g/mol. The standard InChI is InChI=1S/C11H20N2O5S/c1-19(17,18)6-2-5-12-11(16)13-9(10(14)15)7-8-3-4-8/h8-9H,2-7H2,1H3,(H,14,15)(H2,12,13,16). The first-order chi connectivity index (χ1) is 8.78. The summed E-state index contributed by atoms with van der Waals surface area (Å²) in [6.07, 6.45) is 3.92. The van der Waals surface area contributed by atoms with Crippen molar-refractivity contribution in [2.75, 3.05) is 18.6 Å². The van der Waals surface area contributed by atoms with Gasteiger partial charge < -0.3 is 15.7 Å². The zero-order chi connectivity index (χ0) is 14.5. The number of carbonyl (C=O) groups is 2. The third-order valence-corrected chi connectivity index (χ3v) is 3.88. The van der Waals surface area contributed by atoms with Crippen LogP contribution in [0.2, 0.25) is 0 Å². The van der Waals surface area contributed by atoms with Gasteiger partial charge in [-0.25, -0.2) is 18.0 Å². The highest BCUT2D eigenvalue weighted by atomic mass is 32.2. The lowest BCUT2D eigenvalue weighted by Gasteiger charge is -2.14. The zero-order valence-corrected chi connectivity index (χ0v) is 11.7. The summed E-state index contributed by atoms with van der Waals surface area (Å²) < 4.78 is 21.7. The second-order valence-corrected chi connectivity index (χ2v) is 7.21. The molecule has 1 atom stereocenters. The Kier molecular flexibility index (Phi) is 5.59. The number of hydrogen-bond donors (Lipinski definition) is 3. The van der Waals surface area contributed by atoms with Gasteiger partial charge in [0.2, 0.25) is 0 Å². The molecule has 0 saturated heterocycles. The van der Waals surface area contributed by atoms with Crippen LogP contribution in [0, 0.1) is 5.92 Å². The van der Waals surface area contributed by atoms with E-state index in [9.17, 15) is 18.0 Å². The van der Waals surface area contributed by atoms with Gasteiger partial charge in [0.05, 0.1) is 5.75 Å². The van der Waals surface area contributed by atoms with Gasteiger partial charge in [0.1, 0.15) is 15.9 Å². The summed E-state index contributed by atoms with van der Waals surface area (Å²) in [5.41, 5.74) is 0. The predicted molar refractivity (Wildman–Crippen MR) is 69.6 cm³/mol. The lowest BCUT2D eigenvalue weighted by Crippen LogP contribution is -2.46. The molecule has 0 aromatic carbocycles. The topological polar surface area (TPSA) is 113 Å². The van der Waals surface area contributed by atoms with Crippen molar-refractivity contribution in [3.8, 4) is 0 Å². The molecule has 2 amide bonds. The van der Waals surface area contributed by atoms with Crippen molar-refractivity contribution in [1.29, 1.82) is 0 Å². The average Bonchev–Trinajstić information content (AvgIpc) is 3.06. The number of sulfone groups is 1. The third kappa shape index (κ3) is 7.66. The van der Waals surface area contributed by atoms with Gasteiger partial charge in [0.15, 0.2) is 0 Å².